The monoisotopic (exact) mass is 622 g/mol. The summed E-state index contributed by atoms with van der Waals surface area (Å²) in [7, 11) is -2.42. The van der Waals surface area contributed by atoms with E-state index in [9.17, 15) is 19.2 Å². The lowest BCUT2D eigenvalue weighted by atomic mass is 9.92. The number of imide groups is 1. The van der Waals surface area contributed by atoms with E-state index in [1.807, 2.05) is 0 Å². The maximum absolute atomic E-state index is 13.7. The van der Waals surface area contributed by atoms with Crippen LogP contribution in [-0.4, -0.2) is 67.3 Å². The van der Waals surface area contributed by atoms with Crippen LogP contribution in [0.4, 0.5) is 15.3 Å². The molecule has 0 radical (unpaired) electrons. The van der Waals surface area contributed by atoms with Crippen LogP contribution in [0.5, 0.6) is 0 Å². The Morgan fingerprint density at radius 3 is 2.05 bits per heavy atom. The fraction of sp³-hybridized carbons (Fsp3) is 0.710. The number of esters is 1. The summed E-state index contributed by atoms with van der Waals surface area (Å²) in [4.78, 5) is 57.7. The molecule has 0 unspecified atom stereocenters. The number of carbonyl (C=O) groups excluding carboxylic acids is 4. The third kappa shape index (κ3) is 10.4. The van der Waals surface area contributed by atoms with Crippen molar-refractivity contribution in [1.29, 1.82) is 0 Å². The molecule has 1 saturated heterocycles. The first-order valence-electron chi connectivity index (χ1n) is 14.8. The Hall–Kier alpha value is -2.83. The predicted molar refractivity (Wildman–Crippen MR) is 164 cm³/mol. The number of Topliss-reactive ketones (excluding diaryl/α,β-unsaturated/α-hetero) is 1. The normalized spacial score (nSPS) is 19.9. The molecule has 2 rings (SSSR count). The van der Waals surface area contributed by atoms with Gasteiger partial charge in [-0.25, -0.2) is 9.59 Å². The first-order valence-corrected chi connectivity index (χ1v) is 17.7. The van der Waals surface area contributed by atoms with E-state index in [2.05, 4.69) is 38.8 Å². The van der Waals surface area contributed by atoms with Crippen LogP contribution < -0.4 is 4.90 Å². The number of anilines is 1. The van der Waals surface area contributed by atoms with Crippen molar-refractivity contribution >= 4 is 37.9 Å². The van der Waals surface area contributed by atoms with E-state index < -0.39 is 56.0 Å². The Morgan fingerprint density at radius 1 is 1.00 bits per heavy atom. The minimum Gasteiger partial charge on any atom is -0.466 e. The summed E-state index contributed by atoms with van der Waals surface area (Å²) in [5, 5.41) is -0.173. The van der Waals surface area contributed by atoms with Crippen LogP contribution in [0.15, 0.2) is 18.5 Å². The molecule has 0 aromatic carbocycles. The summed E-state index contributed by atoms with van der Waals surface area (Å²) in [5.41, 5.74) is -1.30. The largest absolute Gasteiger partial charge is 0.466 e. The molecule has 2 heterocycles. The molecule has 1 aromatic heterocycles. The molecule has 3 atom stereocenters. The van der Waals surface area contributed by atoms with Gasteiger partial charge in [-0.15, -0.1) is 0 Å². The smallest absolute Gasteiger partial charge is 0.424 e. The van der Waals surface area contributed by atoms with E-state index in [-0.39, 0.29) is 42.4 Å². The Labute approximate surface area is 257 Å². The van der Waals surface area contributed by atoms with Gasteiger partial charge >= 0.3 is 18.2 Å². The fourth-order valence-corrected chi connectivity index (χ4v) is 5.39. The number of nitrogens with zero attached hydrogens (tertiary/aromatic N) is 2. The number of aromatic nitrogens is 1. The van der Waals surface area contributed by atoms with Crippen LogP contribution in [0.2, 0.25) is 18.1 Å². The molecule has 12 heteroatoms. The molecule has 0 bridgehead atoms. The molecule has 1 aliphatic rings. The summed E-state index contributed by atoms with van der Waals surface area (Å²) in [6.07, 6.45) is -1.41. The number of rotatable bonds is 8. The molecular formula is C31H50N2O9Si. The van der Waals surface area contributed by atoms with Crippen molar-refractivity contribution in [3.8, 4) is 0 Å². The fourth-order valence-electron chi connectivity index (χ4n) is 4.11. The predicted octanol–water partition coefficient (Wildman–Crippen LogP) is 6.89. The summed E-state index contributed by atoms with van der Waals surface area (Å²) in [5.74, 6) is -0.689. The van der Waals surface area contributed by atoms with Crippen molar-refractivity contribution in [2.24, 2.45) is 0 Å². The molecule has 0 saturated carbocycles. The highest BCUT2D eigenvalue weighted by Crippen LogP contribution is 2.42. The number of hydrogen-bond acceptors (Lipinski definition) is 10. The van der Waals surface area contributed by atoms with Crippen molar-refractivity contribution in [2.45, 2.75) is 136 Å². The van der Waals surface area contributed by atoms with Crippen molar-refractivity contribution < 1.29 is 42.6 Å². The average Bonchev–Trinajstić information content (AvgIpc) is 2.82. The molecule has 242 valence electrons. The molecule has 0 aliphatic carbocycles. The molecule has 11 nitrogen and oxygen atoms in total. The summed E-state index contributed by atoms with van der Waals surface area (Å²) >= 11 is 0. The van der Waals surface area contributed by atoms with Gasteiger partial charge in [0.15, 0.2) is 14.1 Å². The zero-order valence-electron chi connectivity index (χ0n) is 27.9. The van der Waals surface area contributed by atoms with Gasteiger partial charge in [-0.1, -0.05) is 20.8 Å². The number of hydrogen-bond donors (Lipinski definition) is 0. The summed E-state index contributed by atoms with van der Waals surface area (Å²) in [6, 6.07) is 1.63. The second kappa shape index (κ2) is 13.9. The van der Waals surface area contributed by atoms with Gasteiger partial charge in [0, 0.05) is 24.6 Å². The third-order valence-corrected chi connectivity index (χ3v) is 11.6. The minimum absolute atomic E-state index is 0.0189. The SMILES string of the molecule is CCOC(=O)CC[C@H]1O[C@H](c2ccncc2N(C(=O)OC(C)(C)C)C(=O)OC(C)(C)C)C[C@@H](O[Si](C)(C)C(C)(C)C)C1=O. The number of pyridine rings is 1. The van der Waals surface area contributed by atoms with E-state index in [1.54, 1.807) is 54.5 Å². The number of carbonyl (C=O) groups is 4. The quantitative estimate of drug-likeness (QED) is 0.172. The average molecular weight is 623 g/mol. The minimum atomic E-state index is -2.42. The van der Waals surface area contributed by atoms with Gasteiger partial charge in [0.2, 0.25) is 0 Å². The Balaban J connectivity index is 2.60. The number of amides is 2. The van der Waals surface area contributed by atoms with Crippen LogP contribution >= 0.6 is 0 Å². The zero-order valence-corrected chi connectivity index (χ0v) is 28.9. The zero-order chi connectivity index (χ0) is 33.0. The van der Waals surface area contributed by atoms with Gasteiger partial charge in [-0.05, 0) is 79.1 Å². The Morgan fingerprint density at radius 2 is 1.56 bits per heavy atom. The maximum Gasteiger partial charge on any atom is 0.424 e. The van der Waals surface area contributed by atoms with Gasteiger partial charge in [-0.3, -0.25) is 14.6 Å². The molecule has 0 spiro atoms. The van der Waals surface area contributed by atoms with Crippen LogP contribution in [0.1, 0.15) is 100 Å². The van der Waals surface area contributed by atoms with E-state index in [1.165, 1.54) is 12.4 Å². The molecule has 1 aliphatic heterocycles. The van der Waals surface area contributed by atoms with Crippen molar-refractivity contribution in [3.05, 3.63) is 24.0 Å². The molecule has 43 heavy (non-hydrogen) atoms. The second-order valence-electron chi connectivity index (χ2n) is 14.2. The van der Waals surface area contributed by atoms with Crippen molar-refractivity contribution in [2.75, 3.05) is 11.5 Å². The van der Waals surface area contributed by atoms with Crippen LogP contribution in [0.25, 0.3) is 0 Å². The molecule has 1 fully saturated rings. The molecule has 1 aromatic rings. The maximum atomic E-state index is 13.7. The first-order chi connectivity index (χ1) is 19.6. The van der Waals surface area contributed by atoms with Gasteiger partial charge in [0.25, 0.3) is 0 Å². The van der Waals surface area contributed by atoms with E-state index in [0.29, 0.717) is 5.56 Å². The third-order valence-electron chi connectivity index (χ3n) is 7.12. The highest BCUT2D eigenvalue weighted by molar-refractivity contribution is 6.74. The molecule has 0 N–H and O–H groups in total. The van der Waals surface area contributed by atoms with Gasteiger partial charge in [-0.2, -0.15) is 4.90 Å². The van der Waals surface area contributed by atoms with E-state index >= 15 is 0 Å². The first kappa shape index (κ1) is 36.4. The number of ketones is 1. The van der Waals surface area contributed by atoms with Gasteiger partial charge in [0.1, 0.15) is 23.4 Å². The summed E-state index contributed by atoms with van der Waals surface area (Å²) < 4.78 is 29.1. The van der Waals surface area contributed by atoms with E-state index in [4.69, 9.17) is 23.4 Å². The number of ether oxygens (including phenoxy) is 4. The lowest BCUT2D eigenvalue weighted by Crippen LogP contribution is -2.51. The molecular weight excluding hydrogens is 572 g/mol. The highest BCUT2D eigenvalue weighted by atomic mass is 28.4. The molecule has 2 amide bonds. The highest BCUT2D eigenvalue weighted by Gasteiger charge is 2.46. The lowest BCUT2D eigenvalue weighted by molar-refractivity contribution is -0.159. The van der Waals surface area contributed by atoms with E-state index in [0.717, 1.165) is 4.90 Å². The van der Waals surface area contributed by atoms with Crippen molar-refractivity contribution in [3.63, 3.8) is 0 Å². The second-order valence-corrected chi connectivity index (χ2v) is 18.9. The standard InChI is InChI=1S/C31H50N2O9Si/c1-13-38-25(34)15-14-22-26(35)24(42-43(11,12)31(8,9)10)18-23(39-22)20-16-17-32-19-21(20)33(27(36)40-29(2,3)4)28(37)41-30(5,6)7/h16-17,19,22-24H,13-15,18H2,1-12H3/t22-,23+,24-/m1/s1. The topological polar surface area (TPSA) is 131 Å². The van der Waals surface area contributed by atoms with Crippen LogP contribution in [0, 0.1) is 0 Å². The summed E-state index contributed by atoms with van der Waals surface area (Å²) in [6.45, 7) is 22.4. The Kier molecular flexibility index (Phi) is 11.7. The van der Waals surface area contributed by atoms with Gasteiger partial charge in [0.05, 0.1) is 24.6 Å². The van der Waals surface area contributed by atoms with Crippen LogP contribution in [0.3, 0.4) is 0 Å². The lowest BCUT2D eigenvalue weighted by Gasteiger charge is -2.43. The van der Waals surface area contributed by atoms with Crippen molar-refractivity contribution in [1.82, 2.24) is 4.98 Å². The van der Waals surface area contributed by atoms with Crippen LogP contribution in [-0.2, 0) is 33.0 Å². The Bertz CT molecular complexity index is 1140. The van der Waals surface area contributed by atoms with Gasteiger partial charge < -0.3 is 23.4 Å².